The first-order chi connectivity index (χ1) is 13.2. The van der Waals surface area contributed by atoms with Crippen LogP contribution >= 0.6 is 0 Å². The van der Waals surface area contributed by atoms with Crippen LogP contribution in [0.1, 0.15) is 51.7 Å². The number of allylic oxidation sites excluding steroid dienone is 6. The van der Waals surface area contributed by atoms with Gasteiger partial charge in [0.15, 0.2) is 0 Å². The van der Waals surface area contributed by atoms with Crippen molar-refractivity contribution in [3.05, 3.63) is 59.1 Å². The molecule has 1 heterocycles. The van der Waals surface area contributed by atoms with Gasteiger partial charge in [-0.3, -0.25) is 0 Å². The van der Waals surface area contributed by atoms with Gasteiger partial charge in [0.05, 0.1) is 18.3 Å². The SMILES string of the molecule is COc1ccc(C2=CC3CCC(B4OC(C)(C)C(C)(C)O4)=CC3C=C2)cc1C. The van der Waals surface area contributed by atoms with Gasteiger partial charge in [-0.25, -0.2) is 0 Å². The zero-order valence-corrected chi connectivity index (χ0v) is 17.9. The zero-order valence-electron chi connectivity index (χ0n) is 17.9. The Kier molecular flexibility index (Phi) is 4.83. The molecule has 0 aromatic heterocycles. The lowest BCUT2D eigenvalue weighted by Crippen LogP contribution is -2.41. The second kappa shape index (κ2) is 6.93. The van der Waals surface area contributed by atoms with E-state index in [9.17, 15) is 0 Å². The Morgan fingerprint density at radius 2 is 1.79 bits per heavy atom. The number of ether oxygens (including phenoxy) is 1. The second-order valence-electron chi connectivity index (χ2n) is 9.28. The molecule has 2 atom stereocenters. The van der Waals surface area contributed by atoms with Crippen molar-refractivity contribution in [2.45, 2.75) is 58.7 Å². The van der Waals surface area contributed by atoms with Crippen LogP contribution < -0.4 is 4.74 Å². The van der Waals surface area contributed by atoms with Gasteiger partial charge in [0.1, 0.15) is 5.75 Å². The minimum Gasteiger partial charge on any atom is -0.496 e. The van der Waals surface area contributed by atoms with Gasteiger partial charge in [-0.05, 0) is 87.7 Å². The van der Waals surface area contributed by atoms with E-state index < -0.39 is 0 Å². The highest BCUT2D eigenvalue weighted by molar-refractivity contribution is 6.54. The van der Waals surface area contributed by atoms with E-state index in [1.165, 1.54) is 22.2 Å². The van der Waals surface area contributed by atoms with Crippen LogP contribution in [0, 0.1) is 18.8 Å². The quantitative estimate of drug-likeness (QED) is 0.647. The summed E-state index contributed by atoms with van der Waals surface area (Å²) < 4.78 is 17.9. The third kappa shape index (κ3) is 3.37. The van der Waals surface area contributed by atoms with Crippen molar-refractivity contribution in [2.75, 3.05) is 7.11 Å². The van der Waals surface area contributed by atoms with E-state index in [4.69, 9.17) is 14.0 Å². The van der Waals surface area contributed by atoms with Crippen LogP contribution in [0.25, 0.3) is 5.57 Å². The van der Waals surface area contributed by atoms with E-state index in [1.54, 1.807) is 7.11 Å². The standard InChI is InChI=1S/C24H31BO3/c1-16-13-17(10-12-22(16)26-6)18-7-8-20-15-21(11-9-19(20)14-18)25-27-23(2,3)24(4,5)28-25/h7-8,10,12-15,19-20H,9,11H2,1-6H3. The molecule has 1 aromatic rings. The number of fused-ring (bicyclic) bond motifs is 1. The van der Waals surface area contributed by atoms with Crippen LogP contribution in [0.2, 0.25) is 0 Å². The number of benzene rings is 1. The third-order valence-electron chi connectivity index (χ3n) is 6.84. The van der Waals surface area contributed by atoms with Crippen molar-refractivity contribution in [3.63, 3.8) is 0 Å². The van der Waals surface area contributed by atoms with Gasteiger partial charge in [0.25, 0.3) is 0 Å². The van der Waals surface area contributed by atoms with Crippen LogP contribution in [0.15, 0.2) is 48.0 Å². The maximum absolute atomic E-state index is 6.27. The maximum Gasteiger partial charge on any atom is 0.490 e. The molecule has 3 aliphatic rings. The molecule has 1 aromatic carbocycles. The third-order valence-corrected chi connectivity index (χ3v) is 6.84. The average Bonchev–Trinajstić information content (AvgIpc) is 2.88. The van der Waals surface area contributed by atoms with E-state index in [1.807, 2.05) is 0 Å². The van der Waals surface area contributed by atoms with Gasteiger partial charge < -0.3 is 14.0 Å². The van der Waals surface area contributed by atoms with Crippen LogP contribution in [0.4, 0.5) is 0 Å². The first-order valence-corrected chi connectivity index (χ1v) is 10.3. The van der Waals surface area contributed by atoms with Gasteiger partial charge in [0.2, 0.25) is 0 Å². The van der Waals surface area contributed by atoms with Gasteiger partial charge >= 0.3 is 7.12 Å². The van der Waals surface area contributed by atoms with Crippen LogP contribution in [-0.2, 0) is 9.31 Å². The normalized spacial score (nSPS) is 27.9. The Morgan fingerprint density at radius 3 is 2.43 bits per heavy atom. The van der Waals surface area contributed by atoms with E-state index in [-0.39, 0.29) is 18.3 Å². The van der Waals surface area contributed by atoms with E-state index in [0.717, 1.165) is 18.6 Å². The maximum atomic E-state index is 6.27. The molecule has 2 unspecified atom stereocenters. The molecule has 4 heteroatoms. The lowest BCUT2D eigenvalue weighted by atomic mass is 9.66. The largest absolute Gasteiger partial charge is 0.496 e. The lowest BCUT2D eigenvalue weighted by molar-refractivity contribution is 0.00578. The number of methoxy groups -OCH3 is 1. The van der Waals surface area contributed by atoms with Gasteiger partial charge in [-0.2, -0.15) is 0 Å². The Morgan fingerprint density at radius 1 is 1.07 bits per heavy atom. The Hall–Kier alpha value is -1.78. The summed E-state index contributed by atoms with van der Waals surface area (Å²) in [6.07, 6.45) is 11.6. The highest BCUT2D eigenvalue weighted by Crippen LogP contribution is 2.43. The molecule has 0 amide bonds. The number of hydrogen-bond acceptors (Lipinski definition) is 3. The first kappa shape index (κ1) is 19.5. The monoisotopic (exact) mass is 378 g/mol. The second-order valence-corrected chi connectivity index (χ2v) is 9.28. The van der Waals surface area contributed by atoms with E-state index >= 15 is 0 Å². The first-order valence-electron chi connectivity index (χ1n) is 10.3. The molecule has 2 aliphatic carbocycles. The summed E-state index contributed by atoms with van der Waals surface area (Å²) in [5.74, 6) is 1.90. The smallest absolute Gasteiger partial charge is 0.490 e. The number of aryl methyl sites for hydroxylation is 1. The van der Waals surface area contributed by atoms with E-state index in [0.29, 0.717) is 11.8 Å². The summed E-state index contributed by atoms with van der Waals surface area (Å²) in [7, 11) is 1.51. The molecule has 4 rings (SSSR count). The summed E-state index contributed by atoms with van der Waals surface area (Å²) in [6.45, 7) is 10.6. The highest BCUT2D eigenvalue weighted by atomic mass is 16.7. The molecule has 0 N–H and O–H groups in total. The Balaban J connectivity index is 1.52. The van der Waals surface area contributed by atoms with Gasteiger partial charge in [-0.1, -0.05) is 30.4 Å². The van der Waals surface area contributed by atoms with Gasteiger partial charge in [0, 0.05) is 5.92 Å². The summed E-state index contributed by atoms with van der Waals surface area (Å²) in [5.41, 5.74) is 4.46. The van der Waals surface area contributed by atoms with Crippen molar-refractivity contribution in [2.24, 2.45) is 11.8 Å². The molecular weight excluding hydrogens is 347 g/mol. The number of hydrogen-bond donors (Lipinski definition) is 0. The highest BCUT2D eigenvalue weighted by Gasteiger charge is 2.52. The lowest BCUT2D eigenvalue weighted by Gasteiger charge is -2.32. The molecule has 148 valence electrons. The molecular formula is C24H31BO3. The molecule has 1 aliphatic heterocycles. The Bertz CT molecular complexity index is 847. The predicted molar refractivity (Wildman–Crippen MR) is 115 cm³/mol. The van der Waals surface area contributed by atoms with E-state index in [2.05, 4.69) is 77.1 Å². The predicted octanol–water partition coefficient (Wildman–Crippen LogP) is 5.54. The zero-order chi connectivity index (χ0) is 20.1. The van der Waals surface area contributed by atoms with Crippen molar-refractivity contribution in [1.82, 2.24) is 0 Å². The molecule has 1 fully saturated rings. The van der Waals surface area contributed by atoms with Crippen molar-refractivity contribution < 1.29 is 14.0 Å². The summed E-state index contributed by atoms with van der Waals surface area (Å²) >= 11 is 0. The number of rotatable bonds is 3. The average molecular weight is 378 g/mol. The fraction of sp³-hybridized carbons (Fsp3) is 0.500. The van der Waals surface area contributed by atoms with Crippen LogP contribution in [0.5, 0.6) is 5.75 Å². The molecule has 0 spiro atoms. The minimum atomic E-state index is -0.281. The van der Waals surface area contributed by atoms with Crippen LogP contribution in [-0.4, -0.2) is 25.4 Å². The van der Waals surface area contributed by atoms with Crippen LogP contribution in [0.3, 0.4) is 0 Å². The van der Waals surface area contributed by atoms with Gasteiger partial charge in [-0.15, -0.1) is 0 Å². The minimum absolute atomic E-state index is 0.214. The summed E-state index contributed by atoms with van der Waals surface area (Å²) in [5, 5.41) is 0. The molecule has 28 heavy (non-hydrogen) atoms. The summed E-state index contributed by atoms with van der Waals surface area (Å²) in [4.78, 5) is 0. The molecule has 0 bridgehead atoms. The summed E-state index contributed by atoms with van der Waals surface area (Å²) in [6, 6.07) is 6.42. The Labute approximate surface area is 169 Å². The topological polar surface area (TPSA) is 27.7 Å². The van der Waals surface area contributed by atoms with Crippen molar-refractivity contribution in [1.29, 1.82) is 0 Å². The molecule has 0 radical (unpaired) electrons. The molecule has 1 saturated heterocycles. The molecule has 0 saturated carbocycles. The fourth-order valence-electron chi connectivity index (χ4n) is 4.31. The van der Waals surface area contributed by atoms with Crippen molar-refractivity contribution >= 4 is 12.7 Å². The van der Waals surface area contributed by atoms with Crippen molar-refractivity contribution in [3.8, 4) is 5.75 Å². The molecule has 3 nitrogen and oxygen atoms in total. The fourth-order valence-corrected chi connectivity index (χ4v) is 4.31.